The predicted molar refractivity (Wildman–Crippen MR) is 128 cm³/mol. The van der Waals surface area contributed by atoms with Gasteiger partial charge in [0.25, 0.3) is 0 Å². The Hall–Kier alpha value is -3.47. The van der Waals surface area contributed by atoms with E-state index in [1.54, 1.807) is 4.57 Å². The molecule has 0 saturated heterocycles. The first-order valence-electron chi connectivity index (χ1n) is 11.7. The molecule has 3 aromatic rings. The number of nitrogens with zero attached hydrogens (tertiary/aromatic N) is 1. The summed E-state index contributed by atoms with van der Waals surface area (Å²) in [6.07, 6.45) is 6.92. The number of benzene rings is 2. The van der Waals surface area contributed by atoms with Gasteiger partial charge in [-0.25, -0.2) is 0 Å². The van der Waals surface area contributed by atoms with Gasteiger partial charge in [-0.2, -0.15) is 0 Å². The molecule has 33 heavy (non-hydrogen) atoms. The maximum atomic E-state index is 12.3. The summed E-state index contributed by atoms with van der Waals surface area (Å²) in [5.74, 6) is 0.940. The molecule has 1 heterocycles. The Bertz CT molecular complexity index is 1250. The van der Waals surface area contributed by atoms with Gasteiger partial charge in [0.15, 0.2) is 0 Å². The van der Waals surface area contributed by atoms with E-state index in [9.17, 15) is 15.0 Å². The van der Waals surface area contributed by atoms with Crippen LogP contribution in [0.4, 0.5) is 5.69 Å². The van der Waals surface area contributed by atoms with Crippen molar-refractivity contribution in [2.24, 2.45) is 11.3 Å². The smallest absolute Gasteiger partial charge is 0.228 e. The summed E-state index contributed by atoms with van der Waals surface area (Å²) in [6.45, 7) is 4.25. The number of carbonyl (C=O) groups excluding carboxylic acids is 1. The molecule has 3 unspecified atom stereocenters. The zero-order valence-corrected chi connectivity index (χ0v) is 18.9. The molecule has 0 aliphatic heterocycles. The SMILES string of the molecule is CC1(C)CC1C(=O)Nc1ccc(Cc2ccc(-n3c(O)c4c(c3O)C3C=CC4C3)cc2)cc1. The highest BCUT2D eigenvalue weighted by Gasteiger charge is 2.50. The van der Waals surface area contributed by atoms with Gasteiger partial charge < -0.3 is 15.5 Å². The Morgan fingerprint density at radius 2 is 1.45 bits per heavy atom. The number of nitrogens with one attached hydrogen (secondary N) is 1. The van der Waals surface area contributed by atoms with Crippen LogP contribution in [0.1, 0.15) is 60.8 Å². The van der Waals surface area contributed by atoms with Crippen molar-refractivity contribution in [2.75, 3.05) is 5.32 Å². The second kappa shape index (κ2) is 7.01. The van der Waals surface area contributed by atoms with Crippen LogP contribution >= 0.6 is 0 Å². The van der Waals surface area contributed by atoms with Crippen LogP contribution in [0.25, 0.3) is 5.69 Å². The van der Waals surface area contributed by atoms with Crippen molar-refractivity contribution < 1.29 is 15.0 Å². The molecular formula is C28H28N2O3. The first-order chi connectivity index (χ1) is 15.8. The summed E-state index contributed by atoms with van der Waals surface area (Å²) in [7, 11) is 0. The van der Waals surface area contributed by atoms with Gasteiger partial charge in [0, 0.05) is 34.6 Å². The Morgan fingerprint density at radius 3 is 1.97 bits per heavy atom. The van der Waals surface area contributed by atoms with Gasteiger partial charge >= 0.3 is 0 Å². The number of hydrogen-bond donors (Lipinski definition) is 3. The Labute approximate surface area is 193 Å². The number of allylic oxidation sites excluding steroid dienone is 2. The van der Waals surface area contributed by atoms with Crippen LogP contribution in [0, 0.1) is 11.3 Å². The number of amides is 1. The van der Waals surface area contributed by atoms with Crippen LogP contribution in [0.3, 0.4) is 0 Å². The molecule has 3 N–H and O–H groups in total. The molecule has 168 valence electrons. The molecule has 0 spiro atoms. The number of aromatic hydroxyl groups is 2. The van der Waals surface area contributed by atoms with E-state index in [0.29, 0.717) is 0 Å². The monoisotopic (exact) mass is 440 g/mol. The fourth-order valence-corrected chi connectivity index (χ4v) is 5.53. The fraction of sp³-hybridized carbons (Fsp3) is 0.321. The molecule has 5 heteroatoms. The molecule has 5 nitrogen and oxygen atoms in total. The van der Waals surface area contributed by atoms with Crippen LogP contribution in [0.5, 0.6) is 11.8 Å². The lowest BCUT2D eigenvalue weighted by Crippen LogP contribution is -2.16. The third-order valence-electron chi connectivity index (χ3n) is 7.67. The molecule has 1 aromatic heterocycles. The lowest BCUT2D eigenvalue weighted by Gasteiger charge is -2.11. The van der Waals surface area contributed by atoms with E-state index in [2.05, 4.69) is 31.3 Å². The average Bonchev–Trinajstić information content (AvgIpc) is 3.14. The van der Waals surface area contributed by atoms with Gasteiger partial charge in [-0.1, -0.05) is 50.3 Å². The van der Waals surface area contributed by atoms with Crippen molar-refractivity contribution in [1.29, 1.82) is 0 Å². The van der Waals surface area contributed by atoms with E-state index < -0.39 is 0 Å². The second-order valence-electron chi connectivity index (χ2n) is 10.4. The largest absolute Gasteiger partial charge is 0.494 e. The molecule has 3 aliphatic rings. The van der Waals surface area contributed by atoms with E-state index in [1.807, 2.05) is 48.5 Å². The number of rotatable bonds is 5. The summed E-state index contributed by atoms with van der Waals surface area (Å²) < 4.78 is 1.55. The van der Waals surface area contributed by atoms with E-state index in [4.69, 9.17) is 0 Å². The molecule has 1 amide bonds. The summed E-state index contributed by atoms with van der Waals surface area (Å²) in [5, 5.41) is 24.6. The molecule has 2 bridgehead atoms. The Morgan fingerprint density at radius 1 is 0.939 bits per heavy atom. The van der Waals surface area contributed by atoms with Gasteiger partial charge in [-0.05, 0) is 60.1 Å². The zero-order chi connectivity index (χ0) is 22.9. The van der Waals surface area contributed by atoms with Gasteiger partial charge in [-0.15, -0.1) is 0 Å². The Balaban J connectivity index is 1.15. The normalized spacial score (nSPS) is 23.5. The number of aromatic nitrogens is 1. The van der Waals surface area contributed by atoms with Gasteiger partial charge in [0.2, 0.25) is 17.7 Å². The minimum absolute atomic E-state index is 0.106. The van der Waals surface area contributed by atoms with Crippen molar-refractivity contribution >= 4 is 11.6 Å². The van der Waals surface area contributed by atoms with Crippen molar-refractivity contribution in [2.45, 2.75) is 44.9 Å². The zero-order valence-electron chi connectivity index (χ0n) is 18.9. The molecule has 0 radical (unpaired) electrons. The van der Waals surface area contributed by atoms with Crippen LogP contribution in [-0.2, 0) is 11.2 Å². The van der Waals surface area contributed by atoms with Crippen LogP contribution in [-0.4, -0.2) is 20.7 Å². The number of fused-ring (bicyclic) bond motifs is 5. The lowest BCUT2D eigenvalue weighted by molar-refractivity contribution is -0.118. The van der Waals surface area contributed by atoms with Gasteiger partial charge in [0.1, 0.15) is 0 Å². The Kier molecular flexibility index (Phi) is 4.28. The fourth-order valence-electron chi connectivity index (χ4n) is 5.53. The third-order valence-corrected chi connectivity index (χ3v) is 7.67. The number of hydrogen-bond acceptors (Lipinski definition) is 3. The van der Waals surface area contributed by atoms with E-state index in [0.717, 1.165) is 52.9 Å². The topological polar surface area (TPSA) is 74.5 Å². The number of anilines is 1. The van der Waals surface area contributed by atoms with E-state index in [-0.39, 0.29) is 40.8 Å². The summed E-state index contributed by atoms with van der Waals surface area (Å²) in [5.41, 5.74) is 5.75. The molecule has 3 aliphatic carbocycles. The molecule has 1 fully saturated rings. The quantitative estimate of drug-likeness (QED) is 0.452. The van der Waals surface area contributed by atoms with Crippen LogP contribution < -0.4 is 5.32 Å². The summed E-state index contributed by atoms with van der Waals surface area (Å²) in [4.78, 5) is 12.3. The molecular weight excluding hydrogens is 412 g/mol. The average molecular weight is 441 g/mol. The van der Waals surface area contributed by atoms with Crippen molar-refractivity contribution in [3.8, 4) is 17.4 Å². The summed E-state index contributed by atoms with van der Waals surface area (Å²) >= 11 is 0. The summed E-state index contributed by atoms with van der Waals surface area (Å²) in [6, 6.07) is 15.9. The first kappa shape index (κ1) is 20.2. The third kappa shape index (κ3) is 3.26. The minimum Gasteiger partial charge on any atom is -0.494 e. The van der Waals surface area contributed by atoms with Gasteiger partial charge in [-0.3, -0.25) is 9.36 Å². The molecule has 3 atom stereocenters. The van der Waals surface area contributed by atoms with Crippen LogP contribution in [0.2, 0.25) is 0 Å². The standard InChI is InChI=1S/C28H28N2O3/c1-28(2)15-22(28)25(31)29-20-9-3-16(4-10-20)13-17-5-11-21(12-6-17)30-26(32)23-18-7-8-19(14-18)24(23)27(30)33/h3-12,18-19,22,32-33H,13-15H2,1-2H3,(H,29,31). The molecule has 1 saturated carbocycles. The maximum absolute atomic E-state index is 12.3. The second-order valence-corrected chi connectivity index (χ2v) is 10.4. The van der Waals surface area contributed by atoms with Crippen molar-refractivity contribution in [1.82, 2.24) is 4.57 Å². The first-order valence-corrected chi connectivity index (χ1v) is 11.7. The van der Waals surface area contributed by atoms with Crippen molar-refractivity contribution in [3.05, 3.63) is 82.9 Å². The highest BCUT2D eigenvalue weighted by molar-refractivity contribution is 5.95. The van der Waals surface area contributed by atoms with Crippen LogP contribution in [0.15, 0.2) is 60.7 Å². The predicted octanol–water partition coefficient (Wildman–Crippen LogP) is 5.60. The highest BCUT2D eigenvalue weighted by Crippen LogP contribution is 2.57. The molecule has 2 aromatic carbocycles. The molecule has 6 rings (SSSR count). The lowest BCUT2D eigenvalue weighted by atomic mass is 10.0. The van der Waals surface area contributed by atoms with E-state index >= 15 is 0 Å². The minimum atomic E-state index is 0.106. The highest BCUT2D eigenvalue weighted by atomic mass is 16.3. The van der Waals surface area contributed by atoms with Gasteiger partial charge in [0.05, 0.1) is 5.69 Å². The van der Waals surface area contributed by atoms with E-state index in [1.165, 1.54) is 0 Å². The van der Waals surface area contributed by atoms with Crippen molar-refractivity contribution in [3.63, 3.8) is 0 Å². The maximum Gasteiger partial charge on any atom is 0.228 e. The number of carbonyl (C=O) groups is 1.